The molecule has 0 radical (unpaired) electrons. The van der Waals surface area contributed by atoms with Crippen LogP contribution in [0, 0.1) is 5.82 Å². The van der Waals surface area contributed by atoms with Crippen molar-refractivity contribution in [2.24, 2.45) is 0 Å². The largest absolute Gasteiger partial charge is 0.476 e. The molecule has 5 nitrogen and oxygen atoms in total. The van der Waals surface area contributed by atoms with Crippen LogP contribution in [-0.4, -0.2) is 16.1 Å². The van der Waals surface area contributed by atoms with Gasteiger partial charge in [0.05, 0.1) is 10.0 Å². The van der Waals surface area contributed by atoms with Gasteiger partial charge in [-0.05, 0) is 12.1 Å². The number of carboxylic acid groups (broad SMARTS) is 1. The maximum absolute atomic E-state index is 13.2. The van der Waals surface area contributed by atoms with E-state index < -0.39 is 11.8 Å². The molecule has 0 spiro atoms. The minimum Gasteiger partial charge on any atom is -0.476 e. The van der Waals surface area contributed by atoms with Gasteiger partial charge in [-0.1, -0.05) is 23.2 Å². The van der Waals surface area contributed by atoms with Gasteiger partial charge in [0.25, 0.3) is 6.01 Å². The number of rotatable bonds is 3. The standard InChI is InChI=1S/C10H5Cl2FN2O3/c11-5-1-4(2-6(12)8(5)13)14-10-15-7(3-18-10)9(16)17/h1-3H,(H,14,15)(H,16,17). The first-order chi connectivity index (χ1) is 8.47. The summed E-state index contributed by atoms with van der Waals surface area (Å²) in [5.74, 6) is -1.95. The molecular formula is C10H5Cl2FN2O3. The average Bonchev–Trinajstić information content (AvgIpc) is 2.74. The Morgan fingerprint density at radius 3 is 2.50 bits per heavy atom. The second-order valence-corrected chi connectivity index (χ2v) is 4.04. The normalized spacial score (nSPS) is 10.4. The molecule has 0 aliphatic rings. The quantitative estimate of drug-likeness (QED) is 0.845. The zero-order valence-corrected chi connectivity index (χ0v) is 10.1. The molecule has 0 fully saturated rings. The van der Waals surface area contributed by atoms with E-state index in [2.05, 4.69) is 10.3 Å². The fraction of sp³-hybridized carbons (Fsp3) is 0. The molecule has 94 valence electrons. The number of halogens is 3. The van der Waals surface area contributed by atoms with Crippen LogP contribution in [0.15, 0.2) is 22.8 Å². The van der Waals surface area contributed by atoms with Crippen molar-refractivity contribution in [2.75, 3.05) is 5.32 Å². The summed E-state index contributed by atoms with van der Waals surface area (Å²) < 4.78 is 18.0. The van der Waals surface area contributed by atoms with Gasteiger partial charge >= 0.3 is 5.97 Å². The van der Waals surface area contributed by atoms with Crippen LogP contribution in [-0.2, 0) is 0 Å². The predicted molar refractivity (Wildman–Crippen MR) is 63.2 cm³/mol. The minimum absolute atomic E-state index is 0.0638. The molecule has 0 aliphatic heterocycles. The monoisotopic (exact) mass is 290 g/mol. The molecule has 2 rings (SSSR count). The highest BCUT2D eigenvalue weighted by atomic mass is 35.5. The molecule has 2 N–H and O–H groups in total. The molecule has 2 aromatic rings. The van der Waals surface area contributed by atoms with Crippen LogP contribution in [0.1, 0.15) is 10.5 Å². The number of nitrogens with one attached hydrogen (secondary N) is 1. The molecule has 0 unspecified atom stereocenters. The number of nitrogens with zero attached hydrogens (tertiary/aromatic N) is 1. The van der Waals surface area contributed by atoms with E-state index in [0.717, 1.165) is 6.26 Å². The Kier molecular flexibility index (Phi) is 3.40. The first-order valence-electron chi connectivity index (χ1n) is 4.58. The van der Waals surface area contributed by atoms with Crippen molar-refractivity contribution in [3.63, 3.8) is 0 Å². The number of anilines is 2. The van der Waals surface area contributed by atoms with E-state index in [-0.39, 0.29) is 21.8 Å². The van der Waals surface area contributed by atoms with Gasteiger partial charge in [0.1, 0.15) is 6.26 Å². The summed E-state index contributed by atoms with van der Waals surface area (Å²) in [6.45, 7) is 0. The zero-order chi connectivity index (χ0) is 13.3. The van der Waals surface area contributed by atoms with Gasteiger partial charge in [0.15, 0.2) is 11.5 Å². The lowest BCUT2D eigenvalue weighted by Gasteiger charge is -2.04. The van der Waals surface area contributed by atoms with E-state index in [9.17, 15) is 9.18 Å². The van der Waals surface area contributed by atoms with Crippen LogP contribution in [0.2, 0.25) is 10.0 Å². The summed E-state index contributed by atoms with van der Waals surface area (Å²) >= 11 is 11.2. The van der Waals surface area contributed by atoms with E-state index in [1.807, 2.05) is 0 Å². The molecule has 0 atom stereocenters. The third-order valence-corrected chi connectivity index (χ3v) is 2.51. The fourth-order valence-electron chi connectivity index (χ4n) is 1.18. The van der Waals surface area contributed by atoms with Crippen LogP contribution < -0.4 is 5.32 Å². The number of aromatic nitrogens is 1. The Labute approximate surface area is 110 Å². The molecule has 0 aliphatic carbocycles. The van der Waals surface area contributed by atoms with E-state index in [4.69, 9.17) is 32.7 Å². The Morgan fingerprint density at radius 2 is 2.00 bits per heavy atom. The molecule has 0 amide bonds. The van der Waals surface area contributed by atoms with Crippen LogP contribution in [0.25, 0.3) is 0 Å². The molecule has 0 saturated carbocycles. The third-order valence-electron chi connectivity index (χ3n) is 1.96. The highest BCUT2D eigenvalue weighted by Crippen LogP contribution is 2.28. The molecule has 1 heterocycles. The lowest BCUT2D eigenvalue weighted by molar-refractivity contribution is 0.0690. The molecule has 18 heavy (non-hydrogen) atoms. The molecule has 0 bridgehead atoms. The average molecular weight is 291 g/mol. The Balaban J connectivity index is 2.25. The Hall–Kier alpha value is -1.79. The number of benzene rings is 1. The van der Waals surface area contributed by atoms with Crippen molar-refractivity contribution < 1.29 is 18.7 Å². The Morgan fingerprint density at radius 1 is 1.39 bits per heavy atom. The van der Waals surface area contributed by atoms with E-state index in [0.29, 0.717) is 5.69 Å². The third kappa shape index (κ3) is 2.55. The van der Waals surface area contributed by atoms with Crippen molar-refractivity contribution in [1.29, 1.82) is 0 Å². The highest BCUT2D eigenvalue weighted by Gasteiger charge is 2.12. The minimum atomic E-state index is -1.22. The molecule has 8 heteroatoms. The van der Waals surface area contributed by atoms with Crippen molar-refractivity contribution in [3.8, 4) is 0 Å². The summed E-state index contributed by atoms with van der Waals surface area (Å²) in [6.07, 6.45) is 0.970. The Bertz CT molecular complexity index is 592. The van der Waals surface area contributed by atoms with Crippen molar-refractivity contribution >= 4 is 40.9 Å². The number of oxazole rings is 1. The van der Waals surface area contributed by atoms with Crippen molar-refractivity contribution in [1.82, 2.24) is 4.98 Å². The van der Waals surface area contributed by atoms with E-state index >= 15 is 0 Å². The van der Waals surface area contributed by atoms with Crippen LogP contribution in [0.4, 0.5) is 16.1 Å². The summed E-state index contributed by atoms with van der Waals surface area (Å²) in [7, 11) is 0. The SMILES string of the molecule is O=C(O)c1coc(Nc2cc(Cl)c(F)c(Cl)c2)n1. The first-order valence-corrected chi connectivity index (χ1v) is 5.33. The maximum atomic E-state index is 13.2. The lowest BCUT2D eigenvalue weighted by atomic mass is 10.3. The predicted octanol–water partition coefficient (Wildman–Crippen LogP) is 3.56. The molecular weight excluding hydrogens is 286 g/mol. The van der Waals surface area contributed by atoms with E-state index in [1.54, 1.807) is 0 Å². The van der Waals surface area contributed by atoms with Crippen molar-refractivity contribution in [2.45, 2.75) is 0 Å². The van der Waals surface area contributed by atoms with Crippen LogP contribution in [0.5, 0.6) is 0 Å². The molecule has 1 aromatic heterocycles. The smallest absolute Gasteiger partial charge is 0.357 e. The number of aromatic carboxylic acids is 1. The zero-order valence-electron chi connectivity index (χ0n) is 8.58. The number of carbonyl (C=O) groups is 1. The number of carboxylic acids is 1. The van der Waals surface area contributed by atoms with Gasteiger partial charge < -0.3 is 14.8 Å². The van der Waals surface area contributed by atoms with Gasteiger partial charge in [0, 0.05) is 5.69 Å². The number of hydrogen-bond acceptors (Lipinski definition) is 4. The highest BCUT2D eigenvalue weighted by molar-refractivity contribution is 6.35. The summed E-state index contributed by atoms with van der Waals surface area (Å²) in [4.78, 5) is 14.2. The summed E-state index contributed by atoms with van der Waals surface area (Å²) in [5.41, 5.74) is 0.0713. The van der Waals surface area contributed by atoms with Gasteiger partial charge in [-0.3, -0.25) is 0 Å². The lowest BCUT2D eigenvalue weighted by Crippen LogP contribution is -1.97. The molecule has 0 saturated heterocycles. The van der Waals surface area contributed by atoms with Crippen LogP contribution >= 0.6 is 23.2 Å². The fourth-order valence-corrected chi connectivity index (χ4v) is 1.67. The number of hydrogen-bond donors (Lipinski definition) is 2. The second-order valence-electron chi connectivity index (χ2n) is 3.22. The summed E-state index contributed by atoms with van der Waals surface area (Å²) in [6, 6.07) is 2.48. The van der Waals surface area contributed by atoms with Gasteiger partial charge in [-0.2, -0.15) is 4.98 Å². The summed E-state index contributed by atoms with van der Waals surface area (Å²) in [5, 5.41) is 10.9. The second kappa shape index (κ2) is 4.83. The first kappa shape index (κ1) is 12.7. The van der Waals surface area contributed by atoms with Crippen LogP contribution in [0.3, 0.4) is 0 Å². The van der Waals surface area contributed by atoms with Gasteiger partial charge in [-0.25, -0.2) is 9.18 Å². The van der Waals surface area contributed by atoms with Gasteiger partial charge in [-0.15, -0.1) is 0 Å². The molecule has 1 aromatic carbocycles. The van der Waals surface area contributed by atoms with Gasteiger partial charge in [0.2, 0.25) is 0 Å². The van der Waals surface area contributed by atoms with E-state index in [1.165, 1.54) is 12.1 Å². The topological polar surface area (TPSA) is 75.4 Å². The van der Waals surface area contributed by atoms with Crippen molar-refractivity contribution in [3.05, 3.63) is 40.0 Å². The maximum Gasteiger partial charge on any atom is 0.357 e.